The number of aryl methyl sites for hydroxylation is 1. The van der Waals surface area contributed by atoms with Crippen LogP contribution in [0.4, 0.5) is 11.5 Å². The molecule has 2 aromatic rings. The van der Waals surface area contributed by atoms with Crippen molar-refractivity contribution in [3.63, 3.8) is 0 Å². The molecule has 1 N–H and O–H groups in total. The highest BCUT2D eigenvalue weighted by atomic mass is 35.5. The average Bonchev–Trinajstić information content (AvgIpc) is 2.59. The Morgan fingerprint density at radius 1 is 1.25 bits per heavy atom. The molecule has 1 aliphatic heterocycles. The summed E-state index contributed by atoms with van der Waals surface area (Å²) >= 11 is 6.11. The van der Waals surface area contributed by atoms with Gasteiger partial charge in [0.25, 0.3) is 0 Å². The number of benzene rings is 1. The quantitative estimate of drug-likeness (QED) is 0.920. The SMILES string of the molecule is Cc1ccc(Cl)cc1N1CCN(CC(=O)Nc2cnccn2)CC1. The second-order valence-electron chi connectivity index (χ2n) is 5.83. The van der Waals surface area contributed by atoms with Crippen LogP contribution >= 0.6 is 11.6 Å². The van der Waals surface area contributed by atoms with Crippen molar-refractivity contribution in [1.29, 1.82) is 0 Å². The zero-order valence-corrected chi connectivity index (χ0v) is 14.3. The molecule has 24 heavy (non-hydrogen) atoms. The van der Waals surface area contributed by atoms with E-state index in [0.29, 0.717) is 12.4 Å². The van der Waals surface area contributed by atoms with Crippen molar-refractivity contribution < 1.29 is 4.79 Å². The number of hydrogen-bond acceptors (Lipinski definition) is 5. The monoisotopic (exact) mass is 345 g/mol. The topological polar surface area (TPSA) is 61.4 Å². The maximum atomic E-state index is 12.1. The molecule has 1 aromatic carbocycles. The summed E-state index contributed by atoms with van der Waals surface area (Å²) in [5.74, 6) is 0.415. The van der Waals surface area contributed by atoms with Crippen LogP contribution in [0.25, 0.3) is 0 Å². The number of hydrogen-bond donors (Lipinski definition) is 1. The van der Waals surface area contributed by atoms with Gasteiger partial charge in [0.05, 0.1) is 12.7 Å². The van der Waals surface area contributed by atoms with E-state index in [1.54, 1.807) is 12.4 Å². The third kappa shape index (κ3) is 4.21. The fraction of sp³-hybridized carbons (Fsp3) is 0.353. The van der Waals surface area contributed by atoms with E-state index in [9.17, 15) is 4.79 Å². The molecular weight excluding hydrogens is 326 g/mol. The summed E-state index contributed by atoms with van der Waals surface area (Å²) in [6.07, 6.45) is 4.67. The van der Waals surface area contributed by atoms with Crippen LogP contribution in [0.3, 0.4) is 0 Å². The van der Waals surface area contributed by atoms with E-state index in [-0.39, 0.29) is 5.91 Å². The van der Waals surface area contributed by atoms with E-state index >= 15 is 0 Å². The van der Waals surface area contributed by atoms with Crippen LogP contribution in [0.2, 0.25) is 5.02 Å². The predicted molar refractivity (Wildman–Crippen MR) is 95.5 cm³/mol. The molecule has 1 aromatic heterocycles. The fourth-order valence-electron chi connectivity index (χ4n) is 2.82. The minimum atomic E-state index is -0.0668. The Morgan fingerprint density at radius 3 is 2.75 bits per heavy atom. The molecule has 1 amide bonds. The fourth-order valence-corrected chi connectivity index (χ4v) is 2.99. The van der Waals surface area contributed by atoms with E-state index < -0.39 is 0 Å². The molecule has 1 saturated heterocycles. The largest absolute Gasteiger partial charge is 0.369 e. The van der Waals surface area contributed by atoms with Gasteiger partial charge in [-0.05, 0) is 24.6 Å². The van der Waals surface area contributed by atoms with Crippen LogP contribution < -0.4 is 10.2 Å². The average molecular weight is 346 g/mol. The molecule has 3 rings (SSSR count). The van der Waals surface area contributed by atoms with Gasteiger partial charge in [-0.1, -0.05) is 17.7 Å². The lowest BCUT2D eigenvalue weighted by Crippen LogP contribution is -2.48. The van der Waals surface area contributed by atoms with Gasteiger partial charge in [-0.2, -0.15) is 0 Å². The summed E-state index contributed by atoms with van der Waals surface area (Å²) in [6.45, 7) is 5.87. The van der Waals surface area contributed by atoms with Crippen molar-refractivity contribution in [2.45, 2.75) is 6.92 Å². The van der Waals surface area contributed by atoms with Crippen molar-refractivity contribution in [2.24, 2.45) is 0 Å². The summed E-state index contributed by atoms with van der Waals surface area (Å²) < 4.78 is 0. The number of aromatic nitrogens is 2. The van der Waals surface area contributed by atoms with Crippen LogP contribution in [-0.2, 0) is 4.79 Å². The Labute approximate surface area is 146 Å². The van der Waals surface area contributed by atoms with Crippen molar-refractivity contribution >= 4 is 29.0 Å². The zero-order valence-electron chi connectivity index (χ0n) is 13.6. The lowest BCUT2D eigenvalue weighted by atomic mass is 10.1. The number of anilines is 2. The highest BCUT2D eigenvalue weighted by molar-refractivity contribution is 6.30. The van der Waals surface area contributed by atoms with Gasteiger partial charge < -0.3 is 10.2 Å². The first kappa shape index (κ1) is 16.7. The van der Waals surface area contributed by atoms with E-state index in [0.717, 1.165) is 31.2 Å². The molecule has 0 radical (unpaired) electrons. The van der Waals surface area contributed by atoms with Crippen LogP contribution in [-0.4, -0.2) is 53.5 Å². The first-order valence-electron chi connectivity index (χ1n) is 7.91. The minimum Gasteiger partial charge on any atom is -0.369 e. The van der Waals surface area contributed by atoms with Crippen LogP contribution in [0.15, 0.2) is 36.8 Å². The first-order chi connectivity index (χ1) is 11.6. The predicted octanol–water partition coefficient (Wildman–Crippen LogP) is 2.20. The van der Waals surface area contributed by atoms with Gasteiger partial charge in [0, 0.05) is 49.3 Å². The Kier molecular flexibility index (Phi) is 5.27. The number of rotatable bonds is 4. The molecule has 0 atom stereocenters. The van der Waals surface area contributed by atoms with Crippen LogP contribution in [0, 0.1) is 6.92 Å². The van der Waals surface area contributed by atoms with E-state index in [1.807, 2.05) is 18.2 Å². The van der Waals surface area contributed by atoms with Gasteiger partial charge in [-0.3, -0.25) is 14.7 Å². The van der Waals surface area contributed by atoms with Gasteiger partial charge in [0.15, 0.2) is 5.82 Å². The Hall–Kier alpha value is -2.18. The molecule has 0 unspecified atom stereocenters. The highest BCUT2D eigenvalue weighted by Crippen LogP contribution is 2.25. The van der Waals surface area contributed by atoms with Gasteiger partial charge >= 0.3 is 0 Å². The standard InChI is InChI=1S/C17H20ClN5O/c1-13-2-3-14(18)10-15(13)23-8-6-22(7-9-23)12-17(24)21-16-11-19-4-5-20-16/h2-5,10-11H,6-9,12H2,1H3,(H,20,21,24). The van der Waals surface area contributed by atoms with Crippen molar-refractivity contribution in [2.75, 3.05) is 42.9 Å². The normalized spacial score (nSPS) is 15.3. The Morgan fingerprint density at radius 2 is 2.04 bits per heavy atom. The van der Waals surface area contributed by atoms with Crippen molar-refractivity contribution in [3.8, 4) is 0 Å². The number of piperazine rings is 1. The molecule has 0 saturated carbocycles. The number of amides is 1. The summed E-state index contributed by atoms with van der Waals surface area (Å²) in [4.78, 5) is 24.5. The molecule has 1 aliphatic rings. The lowest BCUT2D eigenvalue weighted by molar-refractivity contribution is -0.117. The van der Waals surface area contributed by atoms with Gasteiger partial charge in [0.2, 0.25) is 5.91 Å². The third-order valence-corrected chi connectivity index (χ3v) is 4.32. The van der Waals surface area contributed by atoms with Gasteiger partial charge in [-0.15, -0.1) is 0 Å². The maximum absolute atomic E-state index is 12.1. The maximum Gasteiger partial charge on any atom is 0.239 e. The number of nitrogens with zero attached hydrogens (tertiary/aromatic N) is 4. The number of carbonyl (C=O) groups excluding carboxylic acids is 1. The highest BCUT2D eigenvalue weighted by Gasteiger charge is 2.20. The molecule has 1 fully saturated rings. The molecular formula is C17H20ClN5O. The molecule has 2 heterocycles. The zero-order chi connectivity index (χ0) is 16.9. The molecule has 0 aliphatic carbocycles. The molecule has 0 spiro atoms. The summed E-state index contributed by atoms with van der Waals surface area (Å²) in [5, 5.41) is 3.51. The van der Waals surface area contributed by atoms with Crippen molar-refractivity contribution in [3.05, 3.63) is 47.4 Å². The van der Waals surface area contributed by atoms with Gasteiger partial charge in [0.1, 0.15) is 0 Å². The third-order valence-electron chi connectivity index (χ3n) is 4.08. The van der Waals surface area contributed by atoms with Crippen LogP contribution in [0.5, 0.6) is 0 Å². The second-order valence-corrected chi connectivity index (χ2v) is 6.27. The van der Waals surface area contributed by atoms with Crippen molar-refractivity contribution in [1.82, 2.24) is 14.9 Å². The summed E-state index contributed by atoms with van der Waals surface area (Å²) in [7, 11) is 0. The summed E-state index contributed by atoms with van der Waals surface area (Å²) in [5.41, 5.74) is 2.39. The molecule has 7 heteroatoms. The Balaban J connectivity index is 1.52. The van der Waals surface area contributed by atoms with Gasteiger partial charge in [-0.25, -0.2) is 4.98 Å². The van der Waals surface area contributed by atoms with E-state index in [1.165, 1.54) is 17.4 Å². The second kappa shape index (κ2) is 7.59. The lowest BCUT2D eigenvalue weighted by Gasteiger charge is -2.36. The molecule has 0 bridgehead atoms. The smallest absolute Gasteiger partial charge is 0.239 e. The molecule has 6 nitrogen and oxygen atoms in total. The van der Waals surface area contributed by atoms with Crippen LogP contribution in [0.1, 0.15) is 5.56 Å². The number of carbonyl (C=O) groups is 1. The molecule has 126 valence electrons. The Bertz CT molecular complexity index is 701. The van der Waals surface area contributed by atoms with E-state index in [4.69, 9.17) is 11.6 Å². The first-order valence-corrected chi connectivity index (χ1v) is 8.29. The minimum absolute atomic E-state index is 0.0668. The summed E-state index contributed by atoms with van der Waals surface area (Å²) in [6, 6.07) is 5.96. The number of nitrogens with one attached hydrogen (secondary N) is 1. The van der Waals surface area contributed by atoms with E-state index in [2.05, 4.69) is 32.0 Å². The number of halogens is 1.